The third kappa shape index (κ3) is 4.67. The van der Waals surface area contributed by atoms with Crippen LogP contribution in [0.15, 0.2) is 4.99 Å². The van der Waals surface area contributed by atoms with Crippen LogP contribution in [0.5, 0.6) is 0 Å². The van der Waals surface area contributed by atoms with Crippen molar-refractivity contribution in [2.45, 2.75) is 26.2 Å². The van der Waals surface area contributed by atoms with Crippen LogP contribution in [0.4, 0.5) is 0 Å². The van der Waals surface area contributed by atoms with Gasteiger partial charge in [-0.15, -0.1) is 0 Å². The number of nitrogens with one attached hydrogen (secondary N) is 1. The van der Waals surface area contributed by atoms with Crippen molar-refractivity contribution >= 4 is 11.9 Å². The lowest BCUT2D eigenvalue weighted by Crippen LogP contribution is -2.50. The molecule has 6 nitrogen and oxygen atoms in total. The number of carbonyl (C=O) groups excluding carboxylic acids is 1. The minimum atomic E-state index is 0.176. The average molecular weight is 281 g/mol. The van der Waals surface area contributed by atoms with Gasteiger partial charge in [-0.25, -0.2) is 0 Å². The molecule has 114 valence electrons. The number of guanidine groups is 1. The van der Waals surface area contributed by atoms with Gasteiger partial charge in [0.25, 0.3) is 0 Å². The Kier molecular flexibility index (Phi) is 5.64. The SMILES string of the molecule is CC(=O)N1CCN(CCNC(N)=NCC2CCC2)CC1. The Morgan fingerprint density at radius 2 is 2.00 bits per heavy atom. The van der Waals surface area contributed by atoms with Gasteiger partial charge in [-0.2, -0.15) is 0 Å². The van der Waals surface area contributed by atoms with Crippen LogP contribution in [-0.4, -0.2) is 67.5 Å². The summed E-state index contributed by atoms with van der Waals surface area (Å²) in [5.41, 5.74) is 5.85. The van der Waals surface area contributed by atoms with Gasteiger partial charge in [0.05, 0.1) is 0 Å². The van der Waals surface area contributed by atoms with E-state index in [1.165, 1.54) is 19.3 Å². The highest BCUT2D eigenvalue weighted by atomic mass is 16.2. The molecular weight excluding hydrogens is 254 g/mol. The lowest BCUT2D eigenvalue weighted by molar-refractivity contribution is -0.130. The van der Waals surface area contributed by atoms with Crippen molar-refractivity contribution in [3.63, 3.8) is 0 Å². The Morgan fingerprint density at radius 1 is 1.30 bits per heavy atom. The first-order valence-electron chi connectivity index (χ1n) is 7.67. The summed E-state index contributed by atoms with van der Waals surface area (Å²) in [7, 11) is 0. The summed E-state index contributed by atoms with van der Waals surface area (Å²) in [4.78, 5) is 19.9. The first-order chi connectivity index (χ1) is 9.65. The van der Waals surface area contributed by atoms with Gasteiger partial charge in [0.2, 0.25) is 5.91 Å². The molecule has 1 amide bonds. The molecule has 0 spiro atoms. The summed E-state index contributed by atoms with van der Waals surface area (Å²) in [6.07, 6.45) is 3.95. The van der Waals surface area contributed by atoms with Crippen molar-refractivity contribution in [1.82, 2.24) is 15.1 Å². The van der Waals surface area contributed by atoms with E-state index in [4.69, 9.17) is 5.73 Å². The van der Waals surface area contributed by atoms with E-state index >= 15 is 0 Å². The van der Waals surface area contributed by atoms with E-state index in [1.807, 2.05) is 4.90 Å². The second-order valence-corrected chi connectivity index (χ2v) is 5.80. The zero-order chi connectivity index (χ0) is 14.4. The summed E-state index contributed by atoms with van der Waals surface area (Å²) in [5, 5.41) is 3.17. The molecule has 0 aromatic heterocycles. The summed E-state index contributed by atoms with van der Waals surface area (Å²) in [5.74, 6) is 1.50. The number of rotatable bonds is 5. The number of hydrogen-bond acceptors (Lipinski definition) is 3. The van der Waals surface area contributed by atoms with E-state index in [2.05, 4.69) is 15.2 Å². The number of carbonyl (C=O) groups is 1. The Balaban J connectivity index is 1.55. The number of nitrogens with two attached hydrogens (primary N) is 1. The highest BCUT2D eigenvalue weighted by Gasteiger charge is 2.18. The number of hydrogen-bond donors (Lipinski definition) is 2. The summed E-state index contributed by atoms with van der Waals surface area (Å²) < 4.78 is 0. The van der Waals surface area contributed by atoms with Crippen molar-refractivity contribution < 1.29 is 4.79 Å². The van der Waals surface area contributed by atoms with Crippen LogP contribution in [0.25, 0.3) is 0 Å². The van der Waals surface area contributed by atoms with Crippen LogP contribution in [0.2, 0.25) is 0 Å². The molecule has 0 radical (unpaired) electrons. The maximum absolute atomic E-state index is 11.2. The molecule has 0 aromatic carbocycles. The van der Waals surface area contributed by atoms with E-state index in [1.54, 1.807) is 6.92 Å². The molecule has 1 aliphatic carbocycles. The van der Waals surface area contributed by atoms with Crippen molar-refractivity contribution in [2.75, 3.05) is 45.8 Å². The first-order valence-corrected chi connectivity index (χ1v) is 7.67. The molecule has 0 aromatic rings. The van der Waals surface area contributed by atoms with E-state index in [-0.39, 0.29) is 5.91 Å². The molecule has 2 fully saturated rings. The smallest absolute Gasteiger partial charge is 0.219 e. The average Bonchev–Trinajstić information content (AvgIpc) is 2.37. The standard InChI is InChI=1S/C14H27N5O/c1-12(20)19-9-7-18(8-10-19)6-5-16-14(15)17-11-13-3-2-4-13/h13H,2-11H2,1H3,(H3,15,16,17). The summed E-state index contributed by atoms with van der Waals surface area (Å²) >= 11 is 0. The van der Waals surface area contributed by atoms with E-state index < -0.39 is 0 Å². The Bertz CT molecular complexity index is 345. The van der Waals surface area contributed by atoms with E-state index in [0.717, 1.165) is 51.7 Å². The molecule has 3 N–H and O–H groups in total. The predicted molar refractivity (Wildman–Crippen MR) is 80.5 cm³/mol. The van der Waals surface area contributed by atoms with Crippen molar-refractivity contribution in [3.05, 3.63) is 0 Å². The summed E-state index contributed by atoms with van der Waals surface area (Å²) in [6.45, 7) is 7.83. The molecular formula is C14H27N5O. The fourth-order valence-electron chi connectivity index (χ4n) is 2.59. The third-order valence-corrected chi connectivity index (χ3v) is 4.30. The van der Waals surface area contributed by atoms with Gasteiger partial charge in [-0.05, 0) is 18.8 Å². The van der Waals surface area contributed by atoms with E-state index in [9.17, 15) is 4.79 Å². The zero-order valence-corrected chi connectivity index (χ0v) is 12.5. The fraction of sp³-hybridized carbons (Fsp3) is 0.857. The quantitative estimate of drug-likeness (QED) is 0.543. The monoisotopic (exact) mass is 281 g/mol. The predicted octanol–water partition coefficient (Wildman–Crippen LogP) is -0.145. The Morgan fingerprint density at radius 3 is 2.55 bits per heavy atom. The van der Waals surface area contributed by atoms with E-state index in [0.29, 0.717) is 5.96 Å². The molecule has 20 heavy (non-hydrogen) atoms. The first kappa shape index (κ1) is 15.1. The van der Waals surface area contributed by atoms with Gasteiger partial charge in [-0.1, -0.05) is 6.42 Å². The van der Waals surface area contributed by atoms with Crippen LogP contribution in [0, 0.1) is 5.92 Å². The maximum Gasteiger partial charge on any atom is 0.219 e. The van der Waals surface area contributed by atoms with Gasteiger partial charge < -0.3 is 16.0 Å². The second-order valence-electron chi connectivity index (χ2n) is 5.80. The number of amides is 1. The second kappa shape index (κ2) is 7.47. The largest absolute Gasteiger partial charge is 0.370 e. The minimum absolute atomic E-state index is 0.176. The fourth-order valence-corrected chi connectivity index (χ4v) is 2.59. The molecule has 0 atom stereocenters. The van der Waals surface area contributed by atoms with Gasteiger partial charge >= 0.3 is 0 Å². The molecule has 2 rings (SSSR count). The molecule has 1 saturated carbocycles. The molecule has 1 heterocycles. The van der Waals surface area contributed by atoms with Crippen LogP contribution in [0.1, 0.15) is 26.2 Å². The Hall–Kier alpha value is -1.30. The zero-order valence-electron chi connectivity index (χ0n) is 12.5. The van der Waals surface area contributed by atoms with Gasteiger partial charge in [0.15, 0.2) is 5.96 Å². The van der Waals surface area contributed by atoms with Crippen LogP contribution in [-0.2, 0) is 4.79 Å². The molecule has 6 heteroatoms. The lowest BCUT2D eigenvalue weighted by Gasteiger charge is -2.34. The minimum Gasteiger partial charge on any atom is -0.370 e. The molecule has 0 bridgehead atoms. The van der Waals surface area contributed by atoms with Gasteiger partial charge in [0, 0.05) is 52.7 Å². The molecule has 1 saturated heterocycles. The lowest BCUT2D eigenvalue weighted by atomic mass is 9.86. The highest BCUT2D eigenvalue weighted by molar-refractivity contribution is 5.77. The number of aliphatic imine (C=N–C) groups is 1. The molecule has 0 unspecified atom stereocenters. The van der Waals surface area contributed by atoms with Crippen molar-refractivity contribution in [2.24, 2.45) is 16.6 Å². The van der Waals surface area contributed by atoms with Gasteiger partial charge in [0.1, 0.15) is 0 Å². The summed E-state index contributed by atoms with van der Waals surface area (Å²) in [6, 6.07) is 0. The number of piperazine rings is 1. The molecule has 1 aliphatic heterocycles. The van der Waals surface area contributed by atoms with Crippen LogP contribution >= 0.6 is 0 Å². The van der Waals surface area contributed by atoms with Crippen LogP contribution in [0.3, 0.4) is 0 Å². The molecule has 2 aliphatic rings. The topological polar surface area (TPSA) is 74.0 Å². The third-order valence-electron chi connectivity index (χ3n) is 4.30. The number of nitrogens with zero attached hydrogens (tertiary/aromatic N) is 3. The normalized spacial score (nSPS) is 21.6. The van der Waals surface area contributed by atoms with Crippen molar-refractivity contribution in [1.29, 1.82) is 0 Å². The maximum atomic E-state index is 11.2. The van der Waals surface area contributed by atoms with Gasteiger partial charge in [-0.3, -0.25) is 14.7 Å². The van der Waals surface area contributed by atoms with Crippen LogP contribution < -0.4 is 11.1 Å². The highest BCUT2D eigenvalue weighted by Crippen LogP contribution is 2.26. The van der Waals surface area contributed by atoms with Crippen molar-refractivity contribution in [3.8, 4) is 0 Å². The Labute approximate surface area is 121 Å².